The summed E-state index contributed by atoms with van der Waals surface area (Å²) in [5, 5.41) is 42.0. The van der Waals surface area contributed by atoms with Gasteiger partial charge in [0.15, 0.2) is 16.6 Å². The van der Waals surface area contributed by atoms with Gasteiger partial charge in [0.1, 0.15) is 0 Å². The summed E-state index contributed by atoms with van der Waals surface area (Å²) >= 11 is 0. The lowest BCUT2D eigenvalue weighted by Crippen LogP contribution is -2.23. The summed E-state index contributed by atoms with van der Waals surface area (Å²) in [6.45, 7) is 18.5. The van der Waals surface area contributed by atoms with E-state index >= 15 is 0 Å². The molecule has 0 bridgehead atoms. The summed E-state index contributed by atoms with van der Waals surface area (Å²) in [5.41, 5.74) is -2.54. The molecule has 0 heterocycles. The first-order valence-electron chi connectivity index (χ1n) is 8.63. The first kappa shape index (κ1) is 25.9. The minimum atomic E-state index is -0.839. The molecule has 7 heteroatoms. The zero-order valence-corrected chi connectivity index (χ0v) is 17.9. The van der Waals surface area contributed by atoms with Crippen LogP contribution >= 0.6 is 0 Å². The van der Waals surface area contributed by atoms with Crippen LogP contribution in [-0.2, 0) is 0 Å². The Bertz CT molecular complexity index is 588. The average Bonchev–Trinajstić information content (AvgIpc) is 2.51. The van der Waals surface area contributed by atoms with Gasteiger partial charge in [-0.25, -0.2) is 0 Å². The Morgan fingerprint density at radius 2 is 1.04 bits per heavy atom. The van der Waals surface area contributed by atoms with Crippen LogP contribution in [0.1, 0.15) is 75.7 Å². The molecule has 0 amide bonds. The molecule has 0 aliphatic heterocycles. The molecule has 0 saturated heterocycles. The standard InChI is InChI=1S/C11H21N3.C8H12N4/c1-9(2)7-11(6,8-12)14-13-10(3,4)5;1-7(2,5-9)11-12-8(3,4)6-10/h9H,7H2,1-6H3;1-4H3. The van der Waals surface area contributed by atoms with Gasteiger partial charge >= 0.3 is 0 Å². The van der Waals surface area contributed by atoms with E-state index in [9.17, 15) is 0 Å². The number of nitriles is 3. The lowest BCUT2D eigenvalue weighted by Gasteiger charge is -2.19. The van der Waals surface area contributed by atoms with Gasteiger partial charge < -0.3 is 0 Å². The molecule has 26 heavy (non-hydrogen) atoms. The fraction of sp³-hybridized carbons (Fsp3) is 0.842. The van der Waals surface area contributed by atoms with E-state index in [0.717, 1.165) is 6.42 Å². The van der Waals surface area contributed by atoms with Crippen LogP contribution in [0.4, 0.5) is 0 Å². The highest BCUT2D eigenvalue weighted by Gasteiger charge is 2.25. The number of hydrogen-bond donors (Lipinski definition) is 0. The normalized spacial score (nSPS) is 14.9. The second-order valence-electron chi connectivity index (χ2n) is 8.90. The first-order valence-corrected chi connectivity index (χ1v) is 8.63. The summed E-state index contributed by atoms with van der Waals surface area (Å²) in [4.78, 5) is 0. The van der Waals surface area contributed by atoms with Gasteiger partial charge in [0.05, 0.1) is 23.7 Å². The molecule has 1 atom stereocenters. The maximum absolute atomic E-state index is 9.03. The van der Waals surface area contributed by atoms with Crippen LogP contribution in [-0.4, -0.2) is 22.2 Å². The minimum absolute atomic E-state index is 0.199. The Balaban J connectivity index is 0. The van der Waals surface area contributed by atoms with Crippen molar-refractivity contribution in [1.82, 2.24) is 0 Å². The van der Waals surface area contributed by atoms with E-state index in [-0.39, 0.29) is 5.54 Å². The molecule has 7 nitrogen and oxygen atoms in total. The SMILES string of the molecule is CC(C)(C#N)N=NC(C)(C)C#N.CC(C)CC(C)(C#N)N=NC(C)(C)C. The second kappa shape index (κ2) is 9.97. The Kier molecular flexibility index (Phi) is 9.94. The van der Waals surface area contributed by atoms with E-state index in [1.165, 1.54) is 0 Å². The molecule has 0 fully saturated rings. The fourth-order valence-electron chi connectivity index (χ4n) is 1.46. The smallest absolute Gasteiger partial charge is 0.164 e. The summed E-state index contributed by atoms with van der Waals surface area (Å²) in [5.74, 6) is 0.457. The highest BCUT2D eigenvalue weighted by Crippen LogP contribution is 2.22. The van der Waals surface area contributed by atoms with Gasteiger partial charge in [0.25, 0.3) is 0 Å². The molecule has 0 aromatic heterocycles. The lowest BCUT2D eigenvalue weighted by molar-refractivity contribution is 0.407. The third kappa shape index (κ3) is 14.1. The van der Waals surface area contributed by atoms with Crippen molar-refractivity contribution in [3.63, 3.8) is 0 Å². The average molecular weight is 360 g/mol. The molecule has 0 N–H and O–H groups in total. The highest BCUT2D eigenvalue weighted by atomic mass is 15.2. The van der Waals surface area contributed by atoms with Gasteiger partial charge in [-0.05, 0) is 67.7 Å². The van der Waals surface area contributed by atoms with Crippen LogP contribution in [0, 0.1) is 39.9 Å². The van der Waals surface area contributed by atoms with Crippen molar-refractivity contribution in [3.8, 4) is 18.2 Å². The van der Waals surface area contributed by atoms with Gasteiger partial charge in [-0.15, -0.1) is 0 Å². The predicted molar refractivity (Wildman–Crippen MR) is 102 cm³/mol. The van der Waals surface area contributed by atoms with Crippen LogP contribution in [0.3, 0.4) is 0 Å². The van der Waals surface area contributed by atoms with Crippen molar-refractivity contribution >= 4 is 0 Å². The highest BCUT2D eigenvalue weighted by molar-refractivity contribution is 5.04. The Labute approximate surface area is 158 Å². The van der Waals surface area contributed by atoms with Crippen LogP contribution in [0.25, 0.3) is 0 Å². The zero-order chi connectivity index (χ0) is 21.2. The van der Waals surface area contributed by atoms with Crippen molar-refractivity contribution in [1.29, 1.82) is 15.8 Å². The van der Waals surface area contributed by atoms with Crippen LogP contribution < -0.4 is 0 Å². The number of rotatable bonds is 5. The molecule has 0 spiro atoms. The van der Waals surface area contributed by atoms with Crippen LogP contribution in [0.5, 0.6) is 0 Å². The molecule has 144 valence electrons. The monoisotopic (exact) mass is 359 g/mol. The van der Waals surface area contributed by atoms with Crippen LogP contribution in [0.2, 0.25) is 0 Å². The van der Waals surface area contributed by atoms with Crippen molar-refractivity contribution in [2.75, 3.05) is 0 Å². The molecule has 0 rings (SSSR count). The van der Waals surface area contributed by atoms with E-state index in [2.05, 4.69) is 40.4 Å². The molecule has 0 aliphatic carbocycles. The topological polar surface area (TPSA) is 121 Å². The molecule has 0 saturated carbocycles. The van der Waals surface area contributed by atoms with E-state index in [0.29, 0.717) is 5.92 Å². The predicted octanol–water partition coefficient (Wildman–Crippen LogP) is 5.61. The largest absolute Gasteiger partial charge is 0.196 e. The molecule has 0 aromatic carbocycles. The number of azo groups is 2. The van der Waals surface area contributed by atoms with Gasteiger partial charge in [0, 0.05) is 0 Å². The van der Waals surface area contributed by atoms with E-state index in [4.69, 9.17) is 15.8 Å². The molecule has 0 aromatic rings. The molecule has 0 aliphatic rings. The summed E-state index contributed by atoms with van der Waals surface area (Å²) in [6, 6.07) is 6.16. The van der Waals surface area contributed by atoms with Crippen LogP contribution in [0.15, 0.2) is 20.5 Å². The molecular weight excluding hydrogens is 326 g/mol. The van der Waals surface area contributed by atoms with Gasteiger partial charge in [-0.1, -0.05) is 13.8 Å². The quantitative estimate of drug-likeness (QED) is 0.593. The Morgan fingerprint density at radius 3 is 1.27 bits per heavy atom. The van der Waals surface area contributed by atoms with Crippen molar-refractivity contribution in [2.45, 2.75) is 97.8 Å². The van der Waals surface area contributed by atoms with Crippen molar-refractivity contribution in [3.05, 3.63) is 0 Å². The minimum Gasteiger partial charge on any atom is -0.196 e. The fourth-order valence-corrected chi connectivity index (χ4v) is 1.46. The van der Waals surface area contributed by atoms with Crippen molar-refractivity contribution in [2.24, 2.45) is 26.4 Å². The van der Waals surface area contributed by atoms with Gasteiger partial charge in [0.2, 0.25) is 0 Å². The molecule has 1 unspecified atom stereocenters. The zero-order valence-electron chi connectivity index (χ0n) is 17.9. The molecular formula is C19H33N7. The summed E-state index contributed by atoms with van der Waals surface area (Å²) in [6.07, 6.45) is 0.753. The third-order valence-electron chi connectivity index (χ3n) is 2.71. The Morgan fingerprint density at radius 1 is 0.654 bits per heavy atom. The number of nitrogens with zero attached hydrogens (tertiary/aromatic N) is 7. The van der Waals surface area contributed by atoms with E-state index in [1.54, 1.807) is 27.7 Å². The van der Waals surface area contributed by atoms with E-state index < -0.39 is 16.6 Å². The van der Waals surface area contributed by atoms with Gasteiger partial charge in [-0.3, -0.25) is 0 Å². The van der Waals surface area contributed by atoms with Gasteiger partial charge in [-0.2, -0.15) is 36.2 Å². The van der Waals surface area contributed by atoms with Crippen molar-refractivity contribution < 1.29 is 0 Å². The van der Waals surface area contributed by atoms with E-state index in [1.807, 2.05) is 39.8 Å². The maximum atomic E-state index is 9.03. The second-order valence-corrected chi connectivity index (χ2v) is 8.90. The number of hydrogen-bond acceptors (Lipinski definition) is 7. The third-order valence-corrected chi connectivity index (χ3v) is 2.71. The maximum Gasteiger partial charge on any atom is 0.164 e. The lowest BCUT2D eigenvalue weighted by atomic mass is 9.93. The first-order chi connectivity index (χ1) is 11.5. The summed E-state index contributed by atoms with van der Waals surface area (Å²) < 4.78 is 0. The molecule has 0 radical (unpaired) electrons. The summed E-state index contributed by atoms with van der Waals surface area (Å²) in [7, 11) is 0. The Hall–Kier alpha value is -2.33.